The van der Waals surface area contributed by atoms with Crippen molar-refractivity contribution < 1.29 is 0 Å². The molecule has 17 heavy (non-hydrogen) atoms. The van der Waals surface area contributed by atoms with Crippen LogP contribution in [0.1, 0.15) is 18.3 Å². The van der Waals surface area contributed by atoms with Gasteiger partial charge in [0, 0.05) is 44.6 Å². The Balaban J connectivity index is 0.00000128. The summed E-state index contributed by atoms with van der Waals surface area (Å²) in [5.41, 5.74) is 2.04. The van der Waals surface area contributed by atoms with Crippen molar-refractivity contribution in [1.82, 2.24) is 20.2 Å². The molecule has 0 radical (unpaired) electrons. The van der Waals surface area contributed by atoms with Crippen LogP contribution in [0.4, 0.5) is 0 Å². The number of rotatable bonds is 2. The van der Waals surface area contributed by atoms with E-state index in [1.165, 1.54) is 0 Å². The van der Waals surface area contributed by atoms with Gasteiger partial charge in [-0.3, -0.25) is 14.9 Å². The van der Waals surface area contributed by atoms with Gasteiger partial charge >= 0.3 is 0 Å². The third kappa shape index (κ3) is 4.76. The maximum Gasteiger partial charge on any atom is 0.0727 e. The molecule has 0 saturated carbocycles. The van der Waals surface area contributed by atoms with E-state index in [-0.39, 0.29) is 24.8 Å². The Bertz CT molecular complexity index is 318. The Hall–Kier alpha value is -0.420. The van der Waals surface area contributed by atoms with E-state index in [0.29, 0.717) is 6.04 Å². The molecule has 0 amide bonds. The monoisotopic (exact) mass is 278 g/mol. The molecule has 98 valence electrons. The molecule has 0 aliphatic carbocycles. The van der Waals surface area contributed by atoms with E-state index in [4.69, 9.17) is 0 Å². The minimum Gasteiger partial charge on any atom is -0.314 e. The number of piperazine rings is 1. The minimum absolute atomic E-state index is 0. The van der Waals surface area contributed by atoms with Crippen LogP contribution in [0, 0.1) is 6.92 Å². The second-order valence-corrected chi connectivity index (χ2v) is 4.17. The Morgan fingerprint density at radius 1 is 1.35 bits per heavy atom. The molecule has 1 aromatic heterocycles. The third-order valence-corrected chi connectivity index (χ3v) is 2.84. The van der Waals surface area contributed by atoms with Gasteiger partial charge < -0.3 is 5.32 Å². The lowest BCUT2D eigenvalue weighted by molar-refractivity contribution is 0.163. The standard InChI is InChI=1S/C11H18N4.2ClH/c1-9-5-14-11(7-13-9)8-15-4-3-12-6-10(15)2;;/h5,7,10,12H,3-4,6,8H2,1-2H3;2*1H. The van der Waals surface area contributed by atoms with Gasteiger partial charge in [0.2, 0.25) is 0 Å². The van der Waals surface area contributed by atoms with Gasteiger partial charge in [-0.1, -0.05) is 0 Å². The quantitative estimate of drug-likeness (QED) is 0.889. The molecule has 1 saturated heterocycles. The number of nitrogens with zero attached hydrogens (tertiary/aromatic N) is 3. The lowest BCUT2D eigenvalue weighted by atomic mass is 10.2. The molecule has 4 nitrogen and oxygen atoms in total. The zero-order valence-corrected chi connectivity index (χ0v) is 11.9. The number of aromatic nitrogens is 2. The second kappa shape index (κ2) is 7.82. The van der Waals surface area contributed by atoms with Crippen molar-refractivity contribution in [2.75, 3.05) is 19.6 Å². The first-order valence-corrected chi connectivity index (χ1v) is 5.48. The van der Waals surface area contributed by atoms with Gasteiger partial charge in [0.1, 0.15) is 0 Å². The Kier molecular flexibility index (Phi) is 7.63. The fraction of sp³-hybridized carbons (Fsp3) is 0.636. The number of halogens is 2. The van der Waals surface area contributed by atoms with Gasteiger partial charge in [0.15, 0.2) is 0 Å². The molecule has 6 heteroatoms. The van der Waals surface area contributed by atoms with Crippen molar-refractivity contribution in [2.45, 2.75) is 26.4 Å². The molecule has 1 unspecified atom stereocenters. The van der Waals surface area contributed by atoms with Gasteiger partial charge in [-0.15, -0.1) is 24.8 Å². The van der Waals surface area contributed by atoms with Crippen molar-refractivity contribution in [1.29, 1.82) is 0 Å². The van der Waals surface area contributed by atoms with Crippen LogP contribution in [0.25, 0.3) is 0 Å². The molecule has 1 fully saturated rings. The van der Waals surface area contributed by atoms with Crippen LogP contribution >= 0.6 is 24.8 Å². The number of hydrogen-bond acceptors (Lipinski definition) is 4. The molecule has 1 aromatic rings. The van der Waals surface area contributed by atoms with E-state index in [9.17, 15) is 0 Å². The number of hydrogen-bond donors (Lipinski definition) is 1. The van der Waals surface area contributed by atoms with Crippen molar-refractivity contribution in [3.63, 3.8) is 0 Å². The first-order valence-electron chi connectivity index (χ1n) is 5.48. The van der Waals surface area contributed by atoms with E-state index in [2.05, 4.69) is 27.1 Å². The van der Waals surface area contributed by atoms with E-state index in [1.807, 2.05) is 19.3 Å². The zero-order valence-electron chi connectivity index (χ0n) is 10.2. The molecule has 2 heterocycles. The van der Waals surface area contributed by atoms with Crippen molar-refractivity contribution in [3.8, 4) is 0 Å². The average molecular weight is 279 g/mol. The molecule has 1 N–H and O–H groups in total. The van der Waals surface area contributed by atoms with Crippen molar-refractivity contribution >= 4 is 24.8 Å². The average Bonchev–Trinajstić information content (AvgIpc) is 2.25. The zero-order chi connectivity index (χ0) is 10.7. The summed E-state index contributed by atoms with van der Waals surface area (Å²) < 4.78 is 0. The molecule has 0 spiro atoms. The van der Waals surface area contributed by atoms with Crippen LogP contribution in [0.15, 0.2) is 12.4 Å². The highest BCUT2D eigenvalue weighted by molar-refractivity contribution is 5.85. The molecule has 1 aliphatic heterocycles. The van der Waals surface area contributed by atoms with Gasteiger partial charge in [0.05, 0.1) is 11.4 Å². The van der Waals surface area contributed by atoms with Crippen LogP contribution in [-0.4, -0.2) is 40.5 Å². The summed E-state index contributed by atoms with van der Waals surface area (Å²) in [4.78, 5) is 11.1. The Labute approximate surface area is 115 Å². The summed E-state index contributed by atoms with van der Waals surface area (Å²) in [7, 11) is 0. The molecule has 0 aromatic carbocycles. The molecular formula is C11H20Cl2N4. The van der Waals surface area contributed by atoms with Gasteiger partial charge in [-0.25, -0.2) is 0 Å². The molecule has 1 aliphatic rings. The van der Waals surface area contributed by atoms with Crippen LogP contribution in [-0.2, 0) is 6.54 Å². The fourth-order valence-corrected chi connectivity index (χ4v) is 1.83. The third-order valence-electron chi connectivity index (χ3n) is 2.84. The second-order valence-electron chi connectivity index (χ2n) is 4.17. The predicted octanol–water partition coefficient (Wildman–Crippen LogP) is 1.42. The van der Waals surface area contributed by atoms with Gasteiger partial charge in [0.25, 0.3) is 0 Å². The minimum atomic E-state index is 0. The summed E-state index contributed by atoms with van der Waals surface area (Å²) in [5, 5.41) is 3.38. The maximum absolute atomic E-state index is 4.38. The Morgan fingerprint density at radius 3 is 2.71 bits per heavy atom. The maximum atomic E-state index is 4.38. The number of nitrogens with one attached hydrogen (secondary N) is 1. The van der Waals surface area contributed by atoms with Gasteiger partial charge in [-0.2, -0.15) is 0 Å². The normalized spacial score (nSPS) is 20.2. The smallest absolute Gasteiger partial charge is 0.0727 e. The lowest BCUT2D eigenvalue weighted by Gasteiger charge is -2.33. The van der Waals surface area contributed by atoms with E-state index in [0.717, 1.165) is 37.6 Å². The van der Waals surface area contributed by atoms with Crippen LogP contribution in [0.2, 0.25) is 0 Å². The highest BCUT2D eigenvalue weighted by atomic mass is 35.5. The van der Waals surface area contributed by atoms with Crippen molar-refractivity contribution in [2.24, 2.45) is 0 Å². The van der Waals surface area contributed by atoms with E-state index < -0.39 is 0 Å². The van der Waals surface area contributed by atoms with E-state index >= 15 is 0 Å². The summed E-state index contributed by atoms with van der Waals surface area (Å²) in [6.45, 7) is 8.35. The van der Waals surface area contributed by atoms with Gasteiger partial charge in [-0.05, 0) is 13.8 Å². The topological polar surface area (TPSA) is 41.1 Å². The summed E-state index contributed by atoms with van der Waals surface area (Å²) in [6.07, 6.45) is 3.71. The van der Waals surface area contributed by atoms with Crippen LogP contribution in [0.5, 0.6) is 0 Å². The molecule has 2 rings (SSSR count). The molecule has 0 bridgehead atoms. The Morgan fingerprint density at radius 2 is 2.12 bits per heavy atom. The number of aryl methyl sites for hydroxylation is 1. The largest absolute Gasteiger partial charge is 0.314 e. The predicted molar refractivity (Wildman–Crippen MR) is 74.0 cm³/mol. The summed E-state index contributed by atoms with van der Waals surface area (Å²) in [6, 6.07) is 0.585. The lowest BCUT2D eigenvalue weighted by Crippen LogP contribution is -2.49. The molecular weight excluding hydrogens is 259 g/mol. The van der Waals surface area contributed by atoms with Crippen LogP contribution < -0.4 is 5.32 Å². The highest BCUT2D eigenvalue weighted by Crippen LogP contribution is 2.07. The first kappa shape index (κ1) is 16.6. The first-order chi connectivity index (χ1) is 7.25. The van der Waals surface area contributed by atoms with Crippen LogP contribution in [0.3, 0.4) is 0 Å². The highest BCUT2D eigenvalue weighted by Gasteiger charge is 2.17. The molecule has 1 atom stereocenters. The van der Waals surface area contributed by atoms with Crippen molar-refractivity contribution in [3.05, 3.63) is 23.8 Å². The summed E-state index contributed by atoms with van der Waals surface area (Å²) in [5.74, 6) is 0. The van der Waals surface area contributed by atoms with E-state index in [1.54, 1.807) is 0 Å². The SMILES string of the molecule is Cc1cnc(CN2CCNCC2C)cn1.Cl.Cl. The fourth-order valence-electron chi connectivity index (χ4n) is 1.83. The summed E-state index contributed by atoms with van der Waals surface area (Å²) >= 11 is 0.